The first kappa shape index (κ1) is 23.1. The number of fused-ring (bicyclic) bond motifs is 1. The van der Waals surface area contributed by atoms with Crippen molar-refractivity contribution in [2.45, 2.75) is 6.18 Å². The molecule has 36 heavy (non-hydrogen) atoms. The predicted molar refractivity (Wildman–Crippen MR) is 126 cm³/mol. The van der Waals surface area contributed by atoms with Crippen molar-refractivity contribution < 1.29 is 22.9 Å². The van der Waals surface area contributed by atoms with E-state index >= 15 is 0 Å². The van der Waals surface area contributed by atoms with E-state index in [2.05, 4.69) is 20.4 Å². The van der Waals surface area contributed by atoms with Gasteiger partial charge in [0, 0.05) is 11.6 Å². The predicted octanol–water partition coefficient (Wildman–Crippen LogP) is 5.72. The number of rotatable bonds is 5. The summed E-state index contributed by atoms with van der Waals surface area (Å²) in [6, 6.07) is 15.9. The number of alkyl halides is 3. The number of benzene rings is 2. The molecule has 0 aliphatic rings. The van der Waals surface area contributed by atoms with Gasteiger partial charge in [0.25, 0.3) is 5.91 Å². The summed E-state index contributed by atoms with van der Waals surface area (Å²) in [7, 11) is 0. The van der Waals surface area contributed by atoms with Crippen LogP contribution in [0.5, 0.6) is 0 Å². The number of carbonyl (C=O) groups is 1. The van der Waals surface area contributed by atoms with E-state index in [1.54, 1.807) is 24.3 Å². The largest absolute Gasteiger partial charge is 0.416 e. The van der Waals surface area contributed by atoms with Gasteiger partial charge < -0.3 is 5.32 Å². The Balaban J connectivity index is 1.65. The molecule has 0 radical (unpaired) electrons. The van der Waals surface area contributed by atoms with E-state index < -0.39 is 22.6 Å². The van der Waals surface area contributed by atoms with Crippen LogP contribution in [-0.4, -0.2) is 30.6 Å². The van der Waals surface area contributed by atoms with Gasteiger partial charge in [-0.3, -0.25) is 14.9 Å². The van der Waals surface area contributed by atoms with E-state index in [0.29, 0.717) is 22.4 Å². The standard InChI is InChI=1S/C23H13F3N6O3S/c24-23(25,26)14-6-4-5-13(11-14)19-28-20(30-22(33)17-9-10-18(36-17)32(34)35)16-12-27-31(21(16)29-19)15-7-2-1-3-8-15/h1-12H,(H,28,29,30,33). The number of para-hydroxylation sites is 1. The van der Waals surface area contributed by atoms with E-state index in [-0.39, 0.29) is 32.7 Å². The van der Waals surface area contributed by atoms with Crippen molar-refractivity contribution in [1.82, 2.24) is 19.7 Å². The molecule has 9 nitrogen and oxygen atoms in total. The van der Waals surface area contributed by atoms with Gasteiger partial charge >= 0.3 is 11.2 Å². The Labute approximate surface area is 204 Å². The lowest BCUT2D eigenvalue weighted by atomic mass is 10.1. The fourth-order valence-corrected chi connectivity index (χ4v) is 4.16. The van der Waals surface area contributed by atoms with Gasteiger partial charge in [0.2, 0.25) is 0 Å². The Morgan fingerprint density at radius 2 is 1.81 bits per heavy atom. The molecule has 13 heteroatoms. The van der Waals surface area contributed by atoms with Crippen molar-refractivity contribution in [2.75, 3.05) is 5.32 Å². The summed E-state index contributed by atoms with van der Waals surface area (Å²) in [6.45, 7) is 0. The summed E-state index contributed by atoms with van der Waals surface area (Å²) >= 11 is 0.681. The molecule has 180 valence electrons. The van der Waals surface area contributed by atoms with Crippen molar-refractivity contribution in [1.29, 1.82) is 0 Å². The van der Waals surface area contributed by atoms with Crippen molar-refractivity contribution in [3.63, 3.8) is 0 Å². The smallest absolute Gasteiger partial charge is 0.305 e. The van der Waals surface area contributed by atoms with E-state index in [0.717, 1.165) is 12.1 Å². The maximum atomic E-state index is 13.3. The normalized spacial score (nSPS) is 11.5. The van der Waals surface area contributed by atoms with Crippen LogP contribution in [0.1, 0.15) is 15.2 Å². The number of anilines is 1. The Morgan fingerprint density at radius 1 is 1.03 bits per heavy atom. The zero-order chi connectivity index (χ0) is 25.4. The summed E-state index contributed by atoms with van der Waals surface area (Å²) in [5.41, 5.74) is 0.0787. The number of nitrogens with zero attached hydrogens (tertiary/aromatic N) is 5. The van der Waals surface area contributed by atoms with Crippen molar-refractivity contribution in [2.24, 2.45) is 0 Å². The average Bonchev–Trinajstić information content (AvgIpc) is 3.52. The average molecular weight is 510 g/mol. The summed E-state index contributed by atoms with van der Waals surface area (Å²) in [4.78, 5) is 32.0. The van der Waals surface area contributed by atoms with Crippen LogP contribution in [0.15, 0.2) is 72.9 Å². The summed E-state index contributed by atoms with van der Waals surface area (Å²) in [5.74, 6) is -0.745. The molecule has 5 rings (SSSR count). The van der Waals surface area contributed by atoms with Crippen LogP contribution in [0.2, 0.25) is 0 Å². The Hall–Kier alpha value is -4.65. The molecule has 0 unspecified atom stereocenters. The maximum absolute atomic E-state index is 13.3. The third-order valence-corrected chi connectivity index (χ3v) is 6.14. The highest BCUT2D eigenvalue weighted by Gasteiger charge is 2.31. The molecule has 0 saturated carbocycles. The lowest BCUT2D eigenvalue weighted by molar-refractivity contribution is -0.380. The molecule has 0 aliphatic heterocycles. The molecule has 1 N–H and O–H groups in total. The second kappa shape index (κ2) is 8.85. The molecule has 3 aromatic heterocycles. The van der Waals surface area contributed by atoms with Gasteiger partial charge in [0.05, 0.1) is 32.6 Å². The molecule has 0 atom stereocenters. The molecule has 0 saturated heterocycles. The van der Waals surface area contributed by atoms with Crippen LogP contribution < -0.4 is 5.32 Å². The molecule has 0 fully saturated rings. The maximum Gasteiger partial charge on any atom is 0.416 e. The van der Waals surface area contributed by atoms with Crippen LogP contribution in [-0.2, 0) is 6.18 Å². The van der Waals surface area contributed by atoms with Gasteiger partial charge in [-0.15, -0.1) is 0 Å². The lowest BCUT2D eigenvalue weighted by Gasteiger charge is -2.11. The van der Waals surface area contributed by atoms with Crippen molar-refractivity contribution in [3.8, 4) is 17.1 Å². The number of thiophene rings is 1. The number of nitrogens with one attached hydrogen (secondary N) is 1. The van der Waals surface area contributed by atoms with E-state index in [1.807, 2.05) is 6.07 Å². The first-order valence-electron chi connectivity index (χ1n) is 10.2. The molecule has 1 amide bonds. The topological polar surface area (TPSA) is 116 Å². The Kier molecular flexibility index (Phi) is 5.68. The number of hydrogen-bond acceptors (Lipinski definition) is 7. The molecule has 2 aromatic carbocycles. The summed E-state index contributed by atoms with van der Waals surface area (Å²) in [5, 5.41) is 18.0. The minimum absolute atomic E-state index is 0.00403. The Morgan fingerprint density at radius 3 is 2.50 bits per heavy atom. The number of hydrogen-bond donors (Lipinski definition) is 1. The third-order valence-electron chi connectivity index (χ3n) is 5.10. The monoisotopic (exact) mass is 510 g/mol. The van der Waals surface area contributed by atoms with Gasteiger partial charge in [-0.25, -0.2) is 14.6 Å². The van der Waals surface area contributed by atoms with E-state index in [1.165, 1.54) is 35.1 Å². The minimum atomic E-state index is -4.57. The van der Waals surface area contributed by atoms with Crippen LogP contribution in [0.3, 0.4) is 0 Å². The zero-order valence-corrected chi connectivity index (χ0v) is 18.7. The summed E-state index contributed by atoms with van der Waals surface area (Å²) < 4.78 is 41.4. The first-order chi connectivity index (χ1) is 17.2. The highest BCUT2D eigenvalue weighted by Crippen LogP contribution is 2.33. The van der Waals surface area contributed by atoms with Crippen molar-refractivity contribution >= 4 is 39.1 Å². The third kappa shape index (κ3) is 4.38. The number of halogens is 3. The Bertz CT molecular complexity index is 1610. The van der Waals surface area contributed by atoms with E-state index in [9.17, 15) is 28.1 Å². The molecular formula is C23H13F3N6O3S. The van der Waals surface area contributed by atoms with E-state index in [4.69, 9.17) is 0 Å². The molecule has 0 spiro atoms. The molecule has 0 bridgehead atoms. The SMILES string of the molecule is O=C(Nc1nc(-c2cccc(C(F)(F)F)c2)nc2c1cnn2-c1ccccc1)c1ccc([N+](=O)[O-])s1. The number of nitro groups is 1. The number of aromatic nitrogens is 4. The van der Waals surface area contributed by atoms with Crippen LogP contribution in [0.25, 0.3) is 28.1 Å². The van der Waals surface area contributed by atoms with Gasteiger partial charge in [-0.2, -0.15) is 18.3 Å². The zero-order valence-electron chi connectivity index (χ0n) is 17.9. The highest BCUT2D eigenvalue weighted by atomic mass is 32.1. The van der Waals surface area contributed by atoms with Crippen LogP contribution in [0, 0.1) is 10.1 Å². The van der Waals surface area contributed by atoms with Crippen molar-refractivity contribution in [3.05, 3.63) is 93.5 Å². The number of carbonyl (C=O) groups excluding carboxylic acids is 1. The van der Waals surface area contributed by atoms with Crippen LogP contribution in [0.4, 0.5) is 24.0 Å². The minimum Gasteiger partial charge on any atom is -0.305 e. The molecule has 5 aromatic rings. The molecule has 3 heterocycles. The molecule has 0 aliphatic carbocycles. The van der Waals surface area contributed by atoms with Gasteiger partial charge in [-0.05, 0) is 30.3 Å². The lowest BCUT2D eigenvalue weighted by Crippen LogP contribution is -2.13. The fourth-order valence-electron chi connectivity index (χ4n) is 3.44. The second-order valence-electron chi connectivity index (χ2n) is 7.45. The summed E-state index contributed by atoms with van der Waals surface area (Å²) in [6.07, 6.45) is -3.15. The van der Waals surface area contributed by atoms with Gasteiger partial charge in [0.1, 0.15) is 5.82 Å². The van der Waals surface area contributed by atoms with Gasteiger partial charge in [-0.1, -0.05) is 41.7 Å². The highest BCUT2D eigenvalue weighted by molar-refractivity contribution is 7.17. The van der Waals surface area contributed by atoms with Crippen LogP contribution >= 0.6 is 11.3 Å². The molecular weight excluding hydrogens is 497 g/mol. The van der Waals surface area contributed by atoms with Gasteiger partial charge in [0.15, 0.2) is 11.5 Å². The second-order valence-corrected chi connectivity index (χ2v) is 8.51. The number of amides is 1. The quantitative estimate of drug-likeness (QED) is 0.239. The fraction of sp³-hybridized carbons (Fsp3) is 0.0435. The first-order valence-corrected chi connectivity index (χ1v) is 11.1.